The zero-order chi connectivity index (χ0) is 16.7. The van der Waals surface area contributed by atoms with Crippen LogP contribution in [0.1, 0.15) is 64.5 Å². The van der Waals surface area contributed by atoms with Crippen molar-refractivity contribution in [3.63, 3.8) is 0 Å². The highest BCUT2D eigenvalue weighted by molar-refractivity contribution is 5.97. The van der Waals surface area contributed by atoms with Crippen LogP contribution in [0.5, 0.6) is 5.75 Å². The van der Waals surface area contributed by atoms with Gasteiger partial charge in [-0.05, 0) is 68.2 Å². The number of aromatic nitrogens is 2. The number of nitrogens with one attached hydrogen (secondary N) is 1. The maximum absolute atomic E-state index is 12.7. The minimum absolute atomic E-state index is 0.0228. The Morgan fingerprint density at radius 1 is 1.21 bits per heavy atom. The highest BCUT2D eigenvalue weighted by atomic mass is 16.3. The smallest absolute Gasteiger partial charge is 0.255 e. The van der Waals surface area contributed by atoms with E-state index in [9.17, 15) is 9.90 Å². The quantitative estimate of drug-likeness (QED) is 0.892. The molecular weight excluding hydrogens is 302 g/mol. The lowest BCUT2D eigenvalue weighted by atomic mass is 9.89. The molecule has 1 aromatic heterocycles. The lowest BCUT2D eigenvalue weighted by molar-refractivity contribution is 0.0930. The number of amides is 1. The Balaban J connectivity index is 1.59. The van der Waals surface area contributed by atoms with Gasteiger partial charge in [0, 0.05) is 18.3 Å². The molecule has 0 radical (unpaired) electrons. The molecule has 1 amide bonds. The van der Waals surface area contributed by atoms with Gasteiger partial charge in [-0.15, -0.1) is 0 Å². The molecule has 4 rings (SSSR count). The highest BCUT2D eigenvalue weighted by Gasteiger charge is 2.26. The van der Waals surface area contributed by atoms with E-state index in [0.717, 1.165) is 50.5 Å². The van der Waals surface area contributed by atoms with Crippen molar-refractivity contribution in [3.05, 3.63) is 46.3 Å². The number of aryl methyl sites for hydroxylation is 3. The number of carbonyl (C=O) groups excluding carboxylic acids is 1. The standard InChI is InChI=1S/C19H23N3O2/c1-22-17-8-4-7-16(15(17)11-20-22)21-19(24)14-9-12-5-2-3-6-13(12)10-18(14)23/h9-11,16,23H,2-8H2,1H3,(H,21,24). The summed E-state index contributed by atoms with van der Waals surface area (Å²) < 4.78 is 1.89. The summed E-state index contributed by atoms with van der Waals surface area (Å²) in [4.78, 5) is 12.7. The van der Waals surface area contributed by atoms with Gasteiger partial charge in [0.25, 0.3) is 5.91 Å². The molecule has 5 nitrogen and oxygen atoms in total. The third-order valence-electron chi connectivity index (χ3n) is 5.39. The van der Waals surface area contributed by atoms with Crippen molar-refractivity contribution < 1.29 is 9.90 Å². The first kappa shape index (κ1) is 15.2. The number of aromatic hydroxyl groups is 1. The van der Waals surface area contributed by atoms with E-state index in [4.69, 9.17) is 0 Å². The molecule has 5 heteroatoms. The monoisotopic (exact) mass is 325 g/mol. The zero-order valence-electron chi connectivity index (χ0n) is 14.0. The van der Waals surface area contributed by atoms with Crippen LogP contribution < -0.4 is 5.32 Å². The van der Waals surface area contributed by atoms with E-state index in [1.165, 1.54) is 16.8 Å². The second-order valence-electron chi connectivity index (χ2n) is 6.93. The van der Waals surface area contributed by atoms with Gasteiger partial charge < -0.3 is 10.4 Å². The molecule has 0 spiro atoms. The molecule has 0 fully saturated rings. The van der Waals surface area contributed by atoms with Crippen molar-refractivity contribution in [1.82, 2.24) is 15.1 Å². The number of phenolic OH excluding ortho intramolecular Hbond substituents is 1. The summed E-state index contributed by atoms with van der Waals surface area (Å²) >= 11 is 0. The van der Waals surface area contributed by atoms with Crippen LogP contribution in [-0.4, -0.2) is 20.8 Å². The van der Waals surface area contributed by atoms with E-state index in [2.05, 4.69) is 10.4 Å². The van der Waals surface area contributed by atoms with Gasteiger partial charge in [0.05, 0.1) is 17.8 Å². The van der Waals surface area contributed by atoms with Crippen molar-refractivity contribution in [3.8, 4) is 5.75 Å². The number of carbonyl (C=O) groups is 1. The molecular formula is C19H23N3O2. The van der Waals surface area contributed by atoms with Crippen molar-refractivity contribution in [2.45, 2.75) is 51.0 Å². The number of nitrogens with zero attached hydrogens (tertiary/aromatic N) is 2. The van der Waals surface area contributed by atoms with E-state index in [1.807, 2.05) is 24.0 Å². The third-order valence-corrected chi connectivity index (χ3v) is 5.39. The first-order chi connectivity index (χ1) is 11.6. The van der Waals surface area contributed by atoms with Gasteiger partial charge in [0.1, 0.15) is 5.75 Å². The van der Waals surface area contributed by atoms with Crippen molar-refractivity contribution in [2.24, 2.45) is 7.05 Å². The molecule has 0 bridgehead atoms. The van der Waals surface area contributed by atoms with Crippen LogP contribution in [0.4, 0.5) is 0 Å². The average Bonchev–Trinajstić information content (AvgIpc) is 2.96. The molecule has 0 saturated heterocycles. The van der Waals surface area contributed by atoms with Crippen molar-refractivity contribution in [1.29, 1.82) is 0 Å². The number of hydrogen-bond acceptors (Lipinski definition) is 3. The molecule has 1 unspecified atom stereocenters. The van der Waals surface area contributed by atoms with Crippen molar-refractivity contribution in [2.75, 3.05) is 0 Å². The molecule has 2 aliphatic rings. The Hall–Kier alpha value is -2.30. The Kier molecular flexibility index (Phi) is 3.79. The highest BCUT2D eigenvalue weighted by Crippen LogP contribution is 2.32. The summed E-state index contributed by atoms with van der Waals surface area (Å²) in [5.74, 6) is -0.0991. The predicted octanol–water partition coefficient (Wildman–Crippen LogP) is 2.81. The second-order valence-corrected chi connectivity index (χ2v) is 6.93. The Bertz CT molecular complexity index is 794. The minimum atomic E-state index is -0.192. The first-order valence-corrected chi connectivity index (χ1v) is 8.80. The lowest BCUT2D eigenvalue weighted by Gasteiger charge is -2.24. The molecule has 1 heterocycles. The van der Waals surface area contributed by atoms with E-state index in [-0.39, 0.29) is 17.7 Å². The van der Waals surface area contributed by atoms with Gasteiger partial charge >= 0.3 is 0 Å². The molecule has 2 aliphatic carbocycles. The molecule has 126 valence electrons. The Morgan fingerprint density at radius 3 is 2.75 bits per heavy atom. The largest absolute Gasteiger partial charge is 0.507 e. The van der Waals surface area contributed by atoms with Crippen LogP contribution in [0.2, 0.25) is 0 Å². The van der Waals surface area contributed by atoms with Crippen LogP contribution in [0.15, 0.2) is 18.3 Å². The summed E-state index contributed by atoms with van der Waals surface area (Å²) in [5.41, 5.74) is 5.08. The second kappa shape index (κ2) is 5.96. The van der Waals surface area contributed by atoms with Crippen molar-refractivity contribution >= 4 is 5.91 Å². The number of hydrogen-bond donors (Lipinski definition) is 2. The molecule has 24 heavy (non-hydrogen) atoms. The van der Waals surface area contributed by atoms with Crippen LogP contribution in [0.3, 0.4) is 0 Å². The molecule has 0 saturated carbocycles. The lowest BCUT2D eigenvalue weighted by Crippen LogP contribution is -2.31. The van der Waals surface area contributed by atoms with E-state index in [0.29, 0.717) is 5.56 Å². The van der Waals surface area contributed by atoms with E-state index in [1.54, 1.807) is 6.07 Å². The van der Waals surface area contributed by atoms with Crippen LogP contribution in [-0.2, 0) is 26.3 Å². The Morgan fingerprint density at radius 2 is 1.96 bits per heavy atom. The number of benzene rings is 1. The van der Waals surface area contributed by atoms with Gasteiger partial charge in [0.2, 0.25) is 0 Å². The predicted molar refractivity (Wildman–Crippen MR) is 91.1 cm³/mol. The number of rotatable bonds is 2. The van der Waals surface area contributed by atoms with Crippen LogP contribution in [0, 0.1) is 0 Å². The van der Waals surface area contributed by atoms with Crippen LogP contribution >= 0.6 is 0 Å². The first-order valence-electron chi connectivity index (χ1n) is 8.80. The van der Waals surface area contributed by atoms with Gasteiger partial charge in [0.15, 0.2) is 0 Å². The normalized spacial score (nSPS) is 19.5. The minimum Gasteiger partial charge on any atom is -0.507 e. The van der Waals surface area contributed by atoms with Crippen LogP contribution in [0.25, 0.3) is 0 Å². The van der Waals surface area contributed by atoms with E-state index >= 15 is 0 Å². The zero-order valence-corrected chi connectivity index (χ0v) is 14.0. The summed E-state index contributed by atoms with van der Waals surface area (Å²) in [6.45, 7) is 0. The summed E-state index contributed by atoms with van der Waals surface area (Å²) in [6.07, 6.45) is 9.10. The molecule has 2 N–H and O–H groups in total. The fourth-order valence-electron chi connectivity index (χ4n) is 4.05. The Labute approximate surface area is 141 Å². The SMILES string of the molecule is Cn1ncc2c1CCCC2NC(=O)c1cc2c(cc1O)CCCC2. The fraction of sp³-hybridized carbons (Fsp3) is 0.474. The summed E-state index contributed by atoms with van der Waals surface area (Å²) in [5, 5.41) is 17.7. The number of fused-ring (bicyclic) bond motifs is 2. The fourth-order valence-corrected chi connectivity index (χ4v) is 4.05. The van der Waals surface area contributed by atoms with Gasteiger partial charge in [-0.2, -0.15) is 5.10 Å². The molecule has 1 atom stereocenters. The average molecular weight is 325 g/mol. The maximum atomic E-state index is 12.7. The molecule has 2 aromatic rings. The van der Waals surface area contributed by atoms with Gasteiger partial charge in [-0.1, -0.05) is 0 Å². The summed E-state index contributed by atoms with van der Waals surface area (Å²) in [7, 11) is 1.94. The third kappa shape index (κ3) is 2.58. The summed E-state index contributed by atoms with van der Waals surface area (Å²) in [6, 6.07) is 3.64. The molecule has 1 aromatic carbocycles. The topological polar surface area (TPSA) is 67.2 Å². The number of phenols is 1. The maximum Gasteiger partial charge on any atom is 0.255 e. The molecule has 0 aliphatic heterocycles. The van der Waals surface area contributed by atoms with E-state index < -0.39 is 0 Å². The van der Waals surface area contributed by atoms with Gasteiger partial charge in [-0.3, -0.25) is 9.48 Å². The van der Waals surface area contributed by atoms with Gasteiger partial charge in [-0.25, -0.2) is 0 Å².